The number of pyridine rings is 1. The van der Waals surface area contributed by atoms with Crippen LogP contribution in [0.1, 0.15) is 94.9 Å². The highest BCUT2D eigenvalue weighted by Gasteiger charge is 2.55. The Morgan fingerprint density at radius 1 is 0.937 bits per heavy atom. The van der Waals surface area contributed by atoms with Gasteiger partial charge in [0.05, 0.1) is 58.8 Å². The second kappa shape index (κ2) is 19.4. The zero-order chi connectivity index (χ0) is 46.3. The molecule has 5 heterocycles. The van der Waals surface area contributed by atoms with Gasteiger partial charge in [-0.1, -0.05) is 39.0 Å². The number of carbonyl (C=O) groups excluding carboxylic acids is 1. The van der Waals surface area contributed by atoms with Gasteiger partial charge in [0.1, 0.15) is 23.9 Å². The third-order valence-electron chi connectivity index (χ3n) is 14.4. The van der Waals surface area contributed by atoms with Crippen LogP contribution in [0.3, 0.4) is 0 Å². The van der Waals surface area contributed by atoms with Crippen LogP contribution in [0.4, 0.5) is 5.69 Å². The molecule has 63 heavy (non-hydrogen) atoms. The van der Waals surface area contributed by atoms with Gasteiger partial charge >= 0.3 is 5.97 Å². The summed E-state index contributed by atoms with van der Waals surface area (Å²) in [6.07, 6.45) is -6.00. The standard InChI is InChI=1S/C47H74N4O12/c1-14-35-47(10,56)39(52)29(6)50(11)24-25(2)22-45(8,55)41(27(4)37(28(5)42(54)60-35)61-36-23-46(9,57-13)40(53)30(7)59-36)63-43-38-34(21-26(3)58-43)51(12)44(62-38)49-33-19-20-48-32-18-16-15-17-31(32)33/h15-20,25-30,34-41,43,52-53,55-56H,14,21-24H2,1-13H3/t25-,26-,27+,28-,29-,30+,34+,35-,36+,37+,38-,39-,40+,41-,43+,45-,46-,47-/m1/s1. The zero-order valence-electron chi connectivity index (χ0n) is 39.5. The number of hydrogen-bond acceptors (Lipinski definition) is 15. The van der Waals surface area contributed by atoms with Gasteiger partial charge in [-0.25, -0.2) is 0 Å². The first-order valence-electron chi connectivity index (χ1n) is 22.7. The van der Waals surface area contributed by atoms with Crippen LogP contribution in [0.2, 0.25) is 0 Å². The second-order valence-corrected chi connectivity index (χ2v) is 19.6. The number of likely N-dealkylation sites (N-methyl/N-ethyl adjacent to an activating group) is 2. The molecule has 4 fully saturated rings. The third kappa shape index (κ3) is 10.2. The number of aliphatic hydroxyl groups excluding tert-OH is 2. The molecule has 2 aromatic rings. The molecule has 0 spiro atoms. The summed E-state index contributed by atoms with van der Waals surface area (Å²) in [4.78, 5) is 27.9. The average Bonchev–Trinajstić information content (AvgIpc) is 3.54. The number of aliphatic imine (C=N–C) groups is 1. The van der Waals surface area contributed by atoms with Crippen molar-refractivity contribution in [2.24, 2.45) is 22.7 Å². The van der Waals surface area contributed by atoms with E-state index in [2.05, 4.69) is 4.98 Å². The minimum atomic E-state index is -1.81. The number of carbonyl (C=O) groups is 1. The van der Waals surface area contributed by atoms with Gasteiger partial charge in [-0.2, -0.15) is 4.99 Å². The lowest BCUT2D eigenvalue weighted by atomic mass is 9.77. The Labute approximate surface area is 373 Å². The first-order valence-corrected chi connectivity index (χ1v) is 22.7. The molecule has 0 aliphatic carbocycles. The minimum absolute atomic E-state index is 0.129. The molecule has 4 saturated heterocycles. The number of esters is 1. The molecule has 0 unspecified atom stereocenters. The van der Waals surface area contributed by atoms with E-state index in [-0.39, 0.29) is 37.3 Å². The number of para-hydroxylation sites is 1. The maximum absolute atomic E-state index is 14.5. The molecule has 4 aliphatic heterocycles. The van der Waals surface area contributed by atoms with E-state index in [4.69, 9.17) is 38.2 Å². The van der Waals surface area contributed by atoms with Gasteiger partial charge in [-0.05, 0) is 92.8 Å². The van der Waals surface area contributed by atoms with Crippen LogP contribution < -0.4 is 0 Å². The summed E-state index contributed by atoms with van der Waals surface area (Å²) >= 11 is 0. The Kier molecular flexibility index (Phi) is 15.2. The number of benzene rings is 1. The Morgan fingerprint density at radius 3 is 2.32 bits per heavy atom. The zero-order valence-corrected chi connectivity index (χ0v) is 39.5. The number of aromatic nitrogens is 1. The van der Waals surface area contributed by atoms with Crippen molar-refractivity contribution in [1.29, 1.82) is 0 Å². The fourth-order valence-corrected chi connectivity index (χ4v) is 10.5. The molecule has 0 bridgehead atoms. The van der Waals surface area contributed by atoms with E-state index in [1.807, 2.05) is 81.9 Å². The van der Waals surface area contributed by atoms with Crippen LogP contribution in [0.5, 0.6) is 0 Å². The molecule has 0 saturated carbocycles. The molecule has 354 valence electrons. The lowest BCUT2D eigenvalue weighted by molar-refractivity contribution is -0.313. The van der Waals surface area contributed by atoms with Crippen LogP contribution in [0, 0.1) is 17.8 Å². The largest absolute Gasteiger partial charge is 0.459 e. The van der Waals surface area contributed by atoms with Crippen molar-refractivity contribution < 1.29 is 58.4 Å². The van der Waals surface area contributed by atoms with E-state index in [0.29, 0.717) is 24.7 Å². The van der Waals surface area contributed by atoms with Crippen LogP contribution in [-0.2, 0) is 38.0 Å². The van der Waals surface area contributed by atoms with Crippen molar-refractivity contribution in [2.75, 3.05) is 27.7 Å². The van der Waals surface area contributed by atoms with E-state index >= 15 is 0 Å². The number of cyclic esters (lactones) is 1. The molecule has 4 aliphatic rings. The van der Waals surface area contributed by atoms with Gasteiger partial charge in [0, 0.05) is 50.7 Å². The maximum Gasteiger partial charge on any atom is 0.311 e. The van der Waals surface area contributed by atoms with Crippen molar-refractivity contribution in [1.82, 2.24) is 14.8 Å². The topological polar surface area (TPSA) is 194 Å². The lowest BCUT2D eigenvalue weighted by Gasteiger charge is -2.48. The third-order valence-corrected chi connectivity index (χ3v) is 14.4. The van der Waals surface area contributed by atoms with E-state index < -0.39 is 96.0 Å². The molecule has 0 radical (unpaired) electrons. The predicted molar refractivity (Wildman–Crippen MR) is 236 cm³/mol. The summed E-state index contributed by atoms with van der Waals surface area (Å²) in [6.45, 7) is 18.3. The maximum atomic E-state index is 14.5. The molecule has 6 rings (SSSR count). The SMILES string of the molecule is CC[C@H]1OC(=O)[C@H](C)[C@@H](O[C@H]2C[C@@](C)(OC)[C@@H](O)[C@H](C)O2)[C@H](C)[C@@H](O[C@@H]2O[C@H](C)C[C@H]3[C@H]2OC(=Nc2ccnc4ccccc24)N3C)[C@](C)(O)C[C@@H](C)CN(C)[C@H](C)[C@@H](O)[C@]1(C)O. The minimum Gasteiger partial charge on any atom is -0.459 e. The van der Waals surface area contributed by atoms with Gasteiger partial charge in [0.25, 0.3) is 6.02 Å². The molecule has 18 atom stereocenters. The highest BCUT2D eigenvalue weighted by Crippen LogP contribution is 2.42. The van der Waals surface area contributed by atoms with E-state index in [1.165, 1.54) is 14.0 Å². The van der Waals surface area contributed by atoms with Crippen molar-refractivity contribution in [3.63, 3.8) is 0 Å². The number of fused-ring (bicyclic) bond motifs is 2. The van der Waals surface area contributed by atoms with Crippen LogP contribution >= 0.6 is 0 Å². The summed E-state index contributed by atoms with van der Waals surface area (Å²) < 4.78 is 45.4. The van der Waals surface area contributed by atoms with Crippen molar-refractivity contribution in [3.05, 3.63) is 36.5 Å². The Bertz CT molecular complexity index is 1900. The highest BCUT2D eigenvalue weighted by molar-refractivity contribution is 5.92. The van der Waals surface area contributed by atoms with E-state index in [0.717, 1.165) is 10.9 Å². The van der Waals surface area contributed by atoms with Gasteiger partial charge in [-0.3, -0.25) is 9.78 Å². The fraction of sp³-hybridized carbons (Fsp3) is 0.766. The van der Waals surface area contributed by atoms with Gasteiger partial charge < -0.3 is 63.4 Å². The summed E-state index contributed by atoms with van der Waals surface area (Å²) in [5.41, 5.74) is -2.91. The highest BCUT2D eigenvalue weighted by atomic mass is 16.7. The second-order valence-electron chi connectivity index (χ2n) is 19.6. The van der Waals surface area contributed by atoms with Crippen LogP contribution in [0.15, 0.2) is 41.5 Å². The average molecular weight is 887 g/mol. The van der Waals surface area contributed by atoms with E-state index in [9.17, 15) is 25.2 Å². The van der Waals surface area contributed by atoms with Crippen molar-refractivity contribution in [3.8, 4) is 0 Å². The van der Waals surface area contributed by atoms with Crippen molar-refractivity contribution >= 4 is 28.6 Å². The van der Waals surface area contributed by atoms with Gasteiger partial charge in [-0.15, -0.1) is 0 Å². The van der Waals surface area contributed by atoms with Gasteiger partial charge in [0.15, 0.2) is 18.7 Å². The Morgan fingerprint density at radius 2 is 1.63 bits per heavy atom. The molecular weight excluding hydrogens is 813 g/mol. The van der Waals surface area contributed by atoms with Crippen LogP contribution in [-0.4, -0.2) is 165 Å². The predicted octanol–water partition coefficient (Wildman–Crippen LogP) is 4.54. The fourth-order valence-electron chi connectivity index (χ4n) is 10.5. The quantitative estimate of drug-likeness (QED) is 0.283. The number of ether oxygens (including phenoxy) is 7. The number of hydrogen-bond donors (Lipinski definition) is 4. The number of rotatable bonds is 7. The summed E-state index contributed by atoms with van der Waals surface area (Å²) in [5, 5.41) is 48.3. The molecule has 0 amide bonds. The first-order chi connectivity index (χ1) is 29.5. The summed E-state index contributed by atoms with van der Waals surface area (Å²) in [7, 11) is 5.32. The molecule has 16 nitrogen and oxygen atoms in total. The first kappa shape index (κ1) is 49.4. The van der Waals surface area contributed by atoms with Crippen molar-refractivity contribution in [2.45, 2.75) is 185 Å². The lowest BCUT2D eigenvalue weighted by Crippen LogP contribution is -2.60. The monoisotopic (exact) mass is 887 g/mol. The molecule has 4 N–H and O–H groups in total. The molecule has 16 heteroatoms. The number of aliphatic hydroxyl groups is 4. The molecule has 1 aromatic carbocycles. The number of nitrogens with zero attached hydrogens (tertiary/aromatic N) is 4. The molecular formula is C47H74N4O12. The summed E-state index contributed by atoms with van der Waals surface area (Å²) in [6, 6.07) is 9.29. The van der Waals surface area contributed by atoms with E-state index in [1.54, 1.807) is 40.8 Å². The van der Waals surface area contributed by atoms with Crippen LogP contribution in [0.25, 0.3) is 10.9 Å². The molecule has 1 aromatic heterocycles. The Balaban J connectivity index is 1.41. The Hall–Kier alpha value is -3.03. The smallest absolute Gasteiger partial charge is 0.311 e. The number of methoxy groups -OCH3 is 1. The normalized spacial score (nSPS) is 44.4. The number of amidine groups is 1. The summed E-state index contributed by atoms with van der Waals surface area (Å²) in [5.74, 6) is -2.61. The van der Waals surface area contributed by atoms with Gasteiger partial charge in [0.2, 0.25) is 0 Å².